The van der Waals surface area contributed by atoms with Crippen LogP contribution < -0.4 is 5.32 Å². The molecule has 1 atom stereocenters. The summed E-state index contributed by atoms with van der Waals surface area (Å²) < 4.78 is 40.2. The number of halogens is 3. The minimum atomic E-state index is -1.14. The van der Waals surface area contributed by atoms with Crippen LogP contribution in [0.2, 0.25) is 0 Å². The summed E-state index contributed by atoms with van der Waals surface area (Å²) in [7, 11) is 1.73. The highest BCUT2D eigenvalue weighted by Crippen LogP contribution is 2.31. The lowest BCUT2D eigenvalue weighted by Crippen LogP contribution is -2.26. The predicted octanol–water partition coefficient (Wildman–Crippen LogP) is 4.58. The molecule has 0 aliphatic heterocycles. The minimum absolute atomic E-state index is 0.216. The van der Waals surface area contributed by atoms with Gasteiger partial charge in [-0.1, -0.05) is 26.7 Å². The molecule has 0 radical (unpaired) electrons. The Labute approximate surface area is 113 Å². The summed E-state index contributed by atoms with van der Waals surface area (Å²) >= 11 is 0. The molecular formula is C15H22F3N. The van der Waals surface area contributed by atoms with Crippen LogP contribution in [-0.2, 0) is 0 Å². The van der Waals surface area contributed by atoms with Crippen LogP contribution in [0.4, 0.5) is 13.2 Å². The summed E-state index contributed by atoms with van der Waals surface area (Å²) in [5, 5.41) is 3.05. The average molecular weight is 273 g/mol. The van der Waals surface area contributed by atoms with E-state index in [1.165, 1.54) is 0 Å². The topological polar surface area (TPSA) is 12.0 Å². The van der Waals surface area contributed by atoms with Crippen molar-refractivity contribution < 1.29 is 13.2 Å². The van der Waals surface area contributed by atoms with Crippen LogP contribution in [0, 0.1) is 23.4 Å². The first-order valence-electron chi connectivity index (χ1n) is 6.86. The van der Waals surface area contributed by atoms with Gasteiger partial charge in [0.2, 0.25) is 0 Å². The number of hydrogen-bond donors (Lipinski definition) is 1. The van der Waals surface area contributed by atoms with Crippen LogP contribution in [0.5, 0.6) is 0 Å². The number of benzene rings is 1. The Bertz CT molecular complexity index is 401. The number of rotatable bonds is 7. The SMILES string of the molecule is CCCC(CCC)C(NC)c1cc(F)c(F)cc1F. The molecule has 1 unspecified atom stereocenters. The maximum atomic E-state index is 13.9. The fourth-order valence-corrected chi connectivity index (χ4v) is 2.64. The summed E-state index contributed by atoms with van der Waals surface area (Å²) in [5.41, 5.74) is 0.216. The molecule has 0 saturated carbocycles. The van der Waals surface area contributed by atoms with Gasteiger partial charge >= 0.3 is 0 Å². The van der Waals surface area contributed by atoms with Crippen molar-refractivity contribution in [3.05, 3.63) is 35.1 Å². The van der Waals surface area contributed by atoms with E-state index in [2.05, 4.69) is 19.2 Å². The molecule has 1 N–H and O–H groups in total. The molecule has 0 aromatic heterocycles. The zero-order valence-corrected chi connectivity index (χ0v) is 11.8. The van der Waals surface area contributed by atoms with Gasteiger partial charge in [-0.05, 0) is 31.9 Å². The Morgan fingerprint density at radius 1 is 0.947 bits per heavy atom. The first-order valence-corrected chi connectivity index (χ1v) is 6.86. The minimum Gasteiger partial charge on any atom is -0.313 e. The van der Waals surface area contributed by atoms with Crippen LogP contribution in [0.25, 0.3) is 0 Å². The Hall–Kier alpha value is -1.03. The Morgan fingerprint density at radius 3 is 1.95 bits per heavy atom. The van der Waals surface area contributed by atoms with Gasteiger partial charge in [0.05, 0.1) is 0 Å². The number of nitrogens with one attached hydrogen (secondary N) is 1. The van der Waals surface area contributed by atoms with E-state index in [1.807, 2.05) is 0 Å². The lowest BCUT2D eigenvalue weighted by Gasteiger charge is -2.27. The molecule has 1 nitrogen and oxygen atoms in total. The predicted molar refractivity (Wildman–Crippen MR) is 71.4 cm³/mol. The molecule has 19 heavy (non-hydrogen) atoms. The molecule has 0 amide bonds. The van der Waals surface area contributed by atoms with Gasteiger partial charge in [0, 0.05) is 17.7 Å². The van der Waals surface area contributed by atoms with E-state index < -0.39 is 17.5 Å². The standard InChI is InChI=1S/C15H22F3N/c1-4-6-10(7-5-2)15(19-3)11-8-13(17)14(18)9-12(11)16/h8-10,15,19H,4-7H2,1-3H3. The van der Waals surface area contributed by atoms with Crippen LogP contribution in [0.3, 0.4) is 0 Å². The molecule has 0 saturated heterocycles. The smallest absolute Gasteiger partial charge is 0.161 e. The first kappa shape index (κ1) is 16.0. The van der Waals surface area contributed by atoms with Crippen molar-refractivity contribution in [2.75, 3.05) is 7.05 Å². The fourth-order valence-electron chi connectivity index (χ4n) is 2.64. The van der Waals surface area contributed by atoms with Crippen LogP contribution >= 0.6 is 0 Å². The molecular weight excluding hydrogens is 251 g/mol. The molecule has 0 spiro atoms. The van der Waals surface area contributed by atoms with Crippen molar-refractivity contribution >= 4 is 0 Å². The third-order valence-electron chi connectivity index (χ3n) is 3.48. The summed E-state index contributed by atoms with van der Waals surface area (Å²) in [6.45, 7) is 4.13. The molecule has 1 rings (SSSR count). The maximum absolute atomic E-state index is 13.9. The van der Waals surface area contributed by atoms with Gasteiger partial charge in [-0.3, -0.25) is 0 Å². The van der Waals surface area contributed by atoms with Crippen molar-refractivity contribution in [1.29, 1.82) is 0 Å². The third-order valence-corrected chi connectivity index (χ3v) is 3.48. The zero-order valence-electron chi connectivity index (χ0n) is 11.8. The van der Waals surface area contributed by atoms with Crippen molar-refractivity contribution in [2.24, 2.45) is 5.92 Å². The molecule has 1 aromatic rings. The quantitative estimate of drug-likeness (QED) is 0.717. The lowest BCUT2D eigenvalue weighted by molar-refractivity contribution is 0.321. The van der Waals surface area contributed by atoms with Crippen LogP contribution in [0.1, 0.15) is 51.1 Å². The largest absolute Gasteiger partial charge is 0.313 e. The van der Waals surface area contributed by atoms with Crippen molar-refractivity contribution in [3.8, 4) is 0 Å². The summed E-state index contributed by atoms with van der Waals surface area (Å²) in [5.74, 6) is -2.60. The van der Waals surface area contributed by atoms with E-state index >= 15 is 0 Å². The van der Waals surface area contributed by atoms with E-state index in [-0.39, 0.29) is 17.5 Å². The molecule has 108 valence electrons. The van der Waals surface area contributed by atoms with Gasteiger partial charge in [0.1, 0.15) is 5.82 Å². The number of hydrogen-bond acceptors (Lipinski definition) is 1. The Balaban J connectivity index is 3.10. The third kappa shape index (κ3) is 3.96. The lowest BCUT2D eigenvalue weighted by atomic mass is 9.86. The monoisotopic (exact) mass is 273 g/mol. The van der Waals surface area contributed by atoms with Crippen LogP contribution in [0.15, 0.2) is 12.1 Å². The van der Waals surface area contributed by atoms with E-state index in [4.69, 9.17) is 0 Å². The van der Waals surface area contributed by atoms with Crippen molar-refractivity contribution in [1.82, 2.24) is 5.32 Å². The molecule has 4 heteroatoms. The average Bonchev–Trinajstić information content (AvgIpc) is 2.37. The van der Waals surface area contributed by atoms with Gasteiger partial charge in [-0.2, -0.15) is 0 Å². The molecule has 0 bridgehead atoms. The van der Waals surface area contributed by atoms with E-state index in [9.17, 15) is 13.2 Å². The van der Waals surface area contributed by atoms with Crippen LogP contribution in [-0.4, -0.2) is 7.05 Å². The molecule has 0 heterocycles. The summed E-state index contributed by atoms with van der Waals surface area (Å²) in [6, 6.07) is 1.32. The molecule has 0 fully saturated rings. The highest BCUT2D eigenvalue weighted by molar-refractivity contribution is 5.24. The molecule has 1 aromatic carbocycles. The second kappa shape index (κ2) is 7.53. The summed E-state index contributed by atoms with van der Waals surface area (Å²) in [4.78, 5) is 0. The highest BCUT2D eigenvalue weighted by Gasteiger charge is 2.24. The second-order valence-electron chi connectivity index (χ2n) is 4.89. The van der Waals surface area contributed by atoms with Gasteiger partial charge in [0.15, 0.2) is 11.6 Å². The Morgan fingerprint density at radius 2 is 1.47 bits per heavy atom. The molecule has 0 aliphatic rings. The second-order valence-corrected chi connectivity index (χ2v) is 4.89. The zero-order chi connectivity index (χ0) is 14.4. The van der Waals surface area contributed by atoms with Gasteiger partial charge in [0.25, 0.3) is 0 Å². The van der Waals surface area contributed by atoms with Crippen molar-refractivity contribution in [2.45, 2.75) is 45.6 Å². The van der Waals surface area contributed by atoms with Gasteiger partial charge < -0.3 is 5.32 Å². The molecule has 0 aliphatic carbocycles. The Kier molecular flexibility index (Phi) is 6.35. The maximum Gasteiger partial charge on any atom is 0.161 e. The van der Waals surface area contributed by atoms with E-state index in [1.54, 1.807) is 7.05 Å². The highest BCUT2D eigenvalue weighted by atomic mass is 19.2. The summed E-state index contributed by atoms with van der Waals surface area (Å²) in [6.07, 6.45) is 3.82. The normalized spacial score (nSPS) is 13.0. The van der Waals surface area contributed by atoms with Crippen molar-refractivity contribution in [3.63, 3.8) is 0 Å². The van der Waals surface area contributed by atoms with E-state index in [0.717, 1.165) is 31.7 Å². The fraction of sp³-hybridized carbons (Fsp3) is 0.600. The van der Waals surface area contributed by atoms with E-state index in [0.29, 0.717) is 6.07 Å². The van der Waals surface area contributed by atoms with Gasteiger partial charge in [-0.15, -0.1) is 0 Å². The first-order chi connectivity index (χ1) is 9.04. The van der Waals surface area contributed by atoms with Gasteiger partial charge in [-0.25, -0.2) is 13.2 Å².